The predicted molar refractivity (Wildman–Crippen MR) is 174 cm³/mol. The van der Waals surface area contributed by atoms with E-state index in [2.05, 4.69) is 72.8 Å². The first kappa shape index (κ1) is 35.9. The molecule has 0 fully saturated rings. The number of H-pyrrole nitrogens is 1. The highest BCUT2D eigenvalue weighted by atomic mass is 32.1. The van der Waals surface area contributed by atoms with Gasteiger partial charge in [-0.3, -0.25) is 14.6 Å². The summed E-state index contributed by atoms with van der Waals surface area (Å²) in [7, 11) is 5.75. The van der Waals surface area contributed by atoms with Crippen LogP contribution in [-0.4, -0.2) is 61.8 Å². The second-order valence-corrected chi connectivity index (χ2v) is 10.2. The Kier molecular flexibility index (Phi) is 17.4. The van der Waals surface area contributed by atoms with Crippen LogP contribution in [-0.2, 0) is 6.42 Å². The molecule has 3 N–H and O–H groups in total. The van der Waals surface area contributed by atoms with E-state index in [9.17, 15) is 18.4 Å². The number of aromatic nitrogens is 3. The lowest BCUT2D eigenvalue weighted by atomic mass is 10.1. The SMILES string of the molecule is CNC.CNCCCCCc1ncc(-c2ccc3ccccc3c2)[nH]1.O=Cc1ccccc1OC(F)F.O=Cc1cncs1. The summed E-state index contributed by atoms with van der Waals surface area (Å²) >= 11 is 1.34. The molecule has 3 aromatic carbocycles. The Morgan fingerprint density at radius 3 is 2.27 bits per heavy atom. The van der Waals surface area contributed by atoms with Crippen molar-refractivity contribution in [3.05, 3.63) is 101 Å². The van der Waals surface area contributed by atoms with Crippen LogP contribution in [0.2, 0.25) is 0 Å². The van der Waals surface area contributed by atoms with Crippen molar-refractivity contribution in [2.45, 2.75) is 32.3 Å². The highest BCUT2D eigenvalue weighted by Crippen LogP contribution is 2.23. The van der Waals surface area contributed by atoms with Gasteiger partial charge in [-0.15, -0.1) is 11.3 Å². The maximum atomic E-state index is 11.7. The number of ether oxygens (including phenoxy) is 1. The van der Waals surface area contributed by atoms with Gasteiger partial charge in [0.15, 0.2) is 12.6 Å². The molecular weight excluding hydrogens is 584 g/mol. The van der Waals surface area contributed by atoms with Crippen LogP contribution in [0.25, 0.3) is 22.0 Å². The monoisotopic (exact) mass is 623 g/mol. The summed E-state index contributed by atoms with van der Waals surface area (Å²) < 4.78 is 27.5. The van der Waals surface area contributed by atoms with Gasteiger partial charge in [0, 0.05) is 18.2 Å². The number of thiazole rings is 1. The third-order valence-corrected chi connectivity index (χ3v) is 6.56. The number of imidazole rings is 1. The van der Waals surface area contributed by atoms with Gasteiger partial charge in [-0.25, -0.2) is 4.98 Å². The molecule has 0 aliphatic heterocycles. The van der Waals surface area contributed by atoms with E-state index in [1.54, 1.807) is 11.6 Å². The van der Waals surface area contributed by atoms with Crippen molar-refractivity contribution >= 4 is 34.7 Å². The van der Waals surface area contributed by atoms with E-state index in [1.807, 2.05) is 27.3 Å². The maximum Gasteiger partial charge on any atom is 0.387 e. The zero-order chi connectivity index (χ0) is 32.0. The molecule has 0 radical (unpaired) electrons. The third kappa shape index (κ3) is 13.3. The zero-order valence-electron chi connectivity index (χ0n) is 25.1. The molecule has 0 amide bonds. The van der Waals surface area contributed by atoms with Crippen molar-refractivity contribution < 1.29 is 23.1 Å². The Balaban J connectivity index is 0.000000256. The summed E-state index contributed by atoms with van der Waals surface area (Å²) in [5.74, 6) is 0.995. The number of aromatic amines is 1. The third-order valence-electron chi connectivity index (χ3n) is 5.86. The number of aryl methyl sites for hydroxylation is 1. The number of hydrogen-bond donors (Lipinski definition) is 3. The molecule has 234 valence electrons. The molecule has 5 aromatic rings. The Morgan fingerprint density at radius 2 is 1.64 bits per heavy atom. The van der Waals surface area contributed by atoms with Gasteiger partial charge in [-0.05, 0) is 69.5 Å². The first-order valence-corrected chi connectivity index (χ1v) is 14.9. The normalized spacial score (nSPS) is 10.0. The van der Waals surface area contributed by atoms with Gasteiger partial charge in [0.05, 0.1) is 27.8 Å². The van der Waals surface area contributed by atoms with Crippen molar-refractivity contribution in [1.29, 1.82) is 0 Å². The molecule has 0 unspecified atom stereocenters. The second-order valence-electron chi connectivity index (χ2n) is 9.28. The Bertz CT molecular complexity index is 1500. The fourth-order valence-corrected chi connectivity index (χ4v) is 4.25. The van der Waals surface area contributed by atoms with Crippen LogP contribution in [0.4, 0.5) is 8.78 Å². The number of aldehydes is 2. The molecule has 11 heteroatoms. The molecule has 0 atom stereocenters. The molecule has 44 heavy (non-hydrogen) atoms. The number of hydrogen-bond acceptors (Lipinski definition) is 8. The highest BCUT2D eigenvalue weighted by Gasteiger charge is 2.07. The average molecular weight is 624 g/mol. The number of nitrogens with one attached hydrogen (secondary N) is 3. The lowest BCUT2D eigenvalue weighted by molar-refractivity contribution is -0.0500. The fraction of sp³-hybridized carbons (Fsp3) is 0.273. The van der Waals surface area contributed by atoms with Crippen molar-refractivity contribution in [2.75, 3.05) is 27.7 Å². The van der Waals surface area contributed by atoms with Crippen LogP contribution in [0.1, 0.15) is 45.1 Å². The van der Waals surface area contributed by atoms with Crippen LogP contribution in [0.15, 0.2) is 84.6 Å². The number of halogens is 2. The summed E-state index contributed by atoms with van der Waals surface area (Å²) in [6.45, 7) is -1.80. The van der Waals surface area contributed by atoms with E-state index in [-0.39, 0.29) is 11.3 Å². The van der Waals surface area contributed by atoms with Gasteiger partial charge in [-0.2, -0.15) is 8.78 Å². The van der Waals surface area contributed by atoms with Gasteiger partial charge >= 0.3 is 6.61 Å². The van der Waals surface area contributed by atoms with Crippen molar-refractivity contribution in [1.82, 2.24) is 25.6 Å². The lowest BCUT2D eigenvalue weighted by Gasteiger charge is -2.05. The van der Waals surface area contributed by atoms with E-state index in [0.29, 0.717) is 11.2 Å². The minimum Gasteiger partial charge on any atom is -0.434 e. The average Bonchev–Trinajstić information content (AvgIpc) is 3.75. The van der Waals surface area contributed by atoms with Crippen LogP contribution < -0.4 is 15.4 Å². The predicted octanol–water partition coefficient (Wildman–Crippen LogP) is 7.05. The van der Waals surface area contributed by atoms with Gasteiger partial charge in [-0.1, -0.05) is 55.0 Å². The van der Waals surface area contributed by atoms with Crippen molar-refractivity contribution in [3.8, 4) is 17.0 Å². The number of alkyl halides is 2. The summed E-state index contributed by atoms with van der Waals surface area (Å²) in [4.78, 5) is 32.5. The molecule has 8 nitrogen and oxygen atoms in total. The summed E-state index contributed by atoms with van der Waals surface area (Å²) in [6.07, 6.45) is 9.44. The first-order valence-electron chi connectivity index (χ1n) is 14.0. The number of carbonyl (C=O) groups excluding carboxylic acids is 2. The zero-order valence-corrected chi connectivity index (χ0v) is 26.0. The Labute approximate surface area is 260 Å². The van der Waals surface area contributed by atoms with E-state index in [1.165, 1.54) is 71.3 Å². The van der Waals surface area contributed by atoms with E-state index in [0.717, 1.165) is 30.8 Å². The molecule has 2 aromatic heterocycles. The number of para-hydroxylation sites is 1. The number of nitrogens with zero attached hydrogens (tertiary/aromatic N) is 2. The van der Waals surface area contributed by atoms with E-state index < -0.39 is 6.61 Å². The summed E-state index contributed by atoms with van der Waals surface area (Å²) in [5.41, 5.74) is 4.06. The van der Waals surface area contributed by atoms with Crippen molar-refractivity contribution in [3.63, 3.8) is 0 Å². The quantitative estimate of drug-likeness (QED) is 0.107. The molecule has 0 spiro atoms. The molecule has 0 aliphatic carbocycles. The van der Waals surface area contributed by atoms with E-state index >= 15 is 0 Å². The highest BCUT2D eigenvalue weighted by molar-refractivity contribution is 7.11. The van der Waals surface area contributed by atoms with Crippen LogP contribution in [0.3, 0.4) is 0 Å². The Morgan fingerprint density at radius 1 is 0.909 bits per heavy atom. The molecule has 2 heterocycles. The standard InChI is InChI=1S/C19H23N3.C8H6F2O2.C4H3NOS.C2H7N/c1-20-12-6-2-3-9-19-21-14-18(22-19)17-11-10-15-7-4-5-8-16(15)13-17;9-8(10)12-7-4-2-1-3-6(7)5-11;6-2-4-1-5-3-7-4;1-3-2/h4-5,7-8,10-11,13-14,20H,2-3,6,9,12H2,1H3,(H,21,22);1-5,8H;1-3H;3H,1-2H3. The molecule has 5 rings (SSSR count). The molecule has 0 saturated carbocycles. The topological polar surface area (TPSA) is 109 Å². The minimum atomic E-state index is -2.90. The smallest absolute Gasteiger partial charge is 0.387 e. The van der Waals surface area contributed by atoms with Gasteiger partial charge in [0.25, 0.3) is 0 Å². The van der Waals surface area contributed by atoms with Crippen LogP contribution in [0.5, 0.6) is 5.75 Å². The number of carbonyl (C=O) groups is 2. The largest absolute Gasteiger partial charge is 0.434 e. The number of benzene rings is 3. The lowest BCUT2D eigenvalue weighted by Crippen LogP contribution is -2.07. The maximum absolute atomic E-state index is 11.7. The fourth-order valence-electron chi connectivity index (χ4n) is 3.83. The Hall–Kier alpha value is -4.32. The summed E-state index contributed by atoms with van der Waals surface area (Å²) in [5, 5.41) is 8.47. The second kappa shape index (κ2) is 21.4. The van der Waals surface area contributed by atoms with Gasteiger partial charge < -0.3 is 20.4 Å². The minimum absolute atomic E-state index is 0.0949. The molecule has 0 bridgehead atoms. The van der Waals surface area contributed by atoms with Crippen LogP contribution >= 0.6 is 11.3 Å². The molecule has 0 saturated heterocycles. The molecule has 0 aliphatic rings. The van der Waals surface area contributed by atoms with Gasteiger partial charge in [0.2, 0.25) is 0 Å². The van der Waals surface area contributed by atoms with E-state index in [4.69, 9.17) is 0 Å². The number of unbranched alkanes of at least 4 members (excludes halogenated alkanes) is 2. The number of rotatable bonds is 11. The first-order chi connectivity index (χ1) is 21.4. The number of fused-ring (bicyclic) bond motifs is 1. The summed E-state index contributed by atoms with van der Waals surface area (Å²) in [6, 6.07) is 20.8. The van der Waals surface area contributed by atoms with Crippen molar-refractivity contribution in [2.24, 2.45) is 0 Å². The van der Waals surface area contributed by atoms with Crippen LogP contribution in [0, 0.1) is 0 Å². The molecular formula is C33H39F2N5O3S. The van der Waals surface area contributed by atoms with Gasteiger partial charge in [0.1, 0.15) is 11.6 Å².